The Bertz CT molecular complexity index is 851. The average molecular weight is 360 g/mol. The summed E-state index contributed by atoms with van der Waals surface area (Å²) in [6.07, 6.45) is 0. The predicted molar refractivity (Wildman–Crippen MR) is 91.3 cm³/mol. The van der Waals surface area contributed by atoms with Gasteiger partial charge in [0.2, 0.25) is 0 Å². The van der Waals surface area contributed by atoms with Crippen molar-refractivity contribution in [2.24, 2.45) is 0 Å². The molecule has 1 unspecified atom stereocenters. The highest BCUT2D eigenvalue weighted by Crippen LogP contribution is 2.24. The van der Waals surface area contributed by atoms with Gasteiger partial charge in [0.1, 0.15) is 5.82 Å². The molecule has 8 heteroatoms. The van der Waals surface area contributed by atoms with E-state index in [1.807, 2.05) is 0 Å². The van der Waals surface area contributed by atoms with Crippen LogP contribution in [0.25, 0.3) is 0 Å². The van der Waals surface area contributed by atoms with Crippen molar-refractivity contribution in [3.63, 3.8) is 0 Å². The Morgan fingerprint density at radius 3 is 2.27 bits per heavy atom. The molecular weight excluding hydrogens is 343 g/mol. The van der Waals surface area contributed by atoms with Crippen LogP contribution in [-0.2, 0) is 4.74 Å². The minimum atomic E-state index is -0.781. The van der Waals surface area contributed by atoms with Gasteiger partial charge in [-0.05, 0) is 30.7 Å². The number of carbonyl (C=O) groups excluding carboxylic acids is 2. The van der Waals surface area contributed by atoms with Crippen LogP contribution in [0.5, 0.6) is 0 Å². The van der Waals surface area contributed by atoms with Gasteiger partial charge in [-0.15, -0.1) is 0 Å². The predicted octanol–water partition coefficient (Wildman–Crippen LogP) is 3.35. The van der Waals surface area contributed by atoms with Gasteiger partial charge >= 0.3 is 5.97 Å². The summed E-state index contributed by atoms with van der Waals surface area (Å²) in [4.78, 5) is 36.2. The van der Waals surface area contributed by atoms with Crippen LogP contribution in [0.3, 0.4) is 0 Å². The smallest absolute Gasteiger partial charge is 0.338 e. The van der Waals surface area contributed by atoms with E-state index in [1.54, 1.807) is 19.1 Å². The van der Waals surface area contributed by atoms with Crippen LogP contribution in [0.1, 0.15) is 39.2 Å². The van der Waals surface area contributed by atoms with Crippen LogP contribution in [0.4, 0.5) is 10.1 Å². The molecule has 0 N–H and O–H groups in total. The Labute approximate surface area is 149 Å². The second-order valence-electron chi connectivity index (χ2n) is 5.66. The Morgan fingerprint density at radius 1 is 1.15 bits per heavy atom. The summed E-state index contributed by atoms with van der Waals surface area (Å²) in [7, 11) is 2.67. The lowest BCUT2D eigenvalue weighted by atomic mass is 10.0. The SMILES string of the molecule is COC(=O)c1cc(C(=O)N(C)C(C)c2ccc(F)cc2)cc([N+](=O)[O-])c1. The van der Waals surface area contributed by atoms with Crippen LogP contribution in [0.2, 0.25) is 0 Å². The number of non-ortho nitro benzene ring substituents is 1. The zero-order chi connectivity index (χ0) is 19.4. The molecule has 0 aliphatic carbocycles. The van der Waals surface area contributed by atoms with Gasteiger partial charge in [-0.25, -0.2) is 9.18 Å². The standard InChI is InChI=1S/C18H17FN2O5/c1-11(12-4-6-15(19)7-5-12)20(2)17(22)13-8-14(18(23)26-3)10-16(9-13)21(24)25/h4-11H,1-3H3. The van der Waals surface area contributed by atoms with Gasteiger partial charge in [0.25, 0.3) is 11.6 Å². The number of nitrogens with zero attached hydrogens (tertiary/aromatic N) is 2. The number of hydrogen-bond acceptors (Lipinski definition) is 5. The zero-order valence-corrected chi connectivity index (χ0v) is 14.4. The van der Waals surface area contributed by atoms with Gasteiger partial charge in [-0.3, -0.25) is 14.9 Å². The molecule has 0 bridgehead atoms. The monoisotopic (exact) mass is 360 g/mol. The summed E-state index contributed by atoms with van der Waals surface area (Å²) in [5.74, 6) is -1.69. The van der Waals surface area contributed by atoms with Gasteiger partial charge in [0, 0.05) is 24.7 Å². The molecule has 0 heterocycles. The fraction of sp³-hybridized carbons (Fsp3) is 0.222. The summed E-state index contributed by atoms with van der Waals surface area (Å²) in [6, 6.07) is 8.65. The molecule has 2 rings (SSSR count). The topological polar surface area (TPSA) is 89.8 Å². The fourth-order valence-corrected chi connectivity index (χ4v) is 2.42. The number of nitro groups is 1. The average Bonchev–Trinajstić information content (AvgIpc) is 2.65. The molecule has 7 nitrogen and oxygen atoms in total. The number of hydrogen-bond donors (Lipinski definition) is 0. The number of methoxy groups -OCH3 is 1. The van der Waals surface area contributed by atoms with E-state index < -0.39 is 28.7 Å². The van der Waals surface area contributed by atoms with E-state index in [1.165, 1.54) is 30.1 Å². The molecule has 0 aliphatic rings. The van der Waals surface area contributed by atoms with E-state index in [0.29, 0.717) is 5.56 Å². The van der Waals surface area contributed by atoms with Crippen molar-refractivity contribution in [3.8, 4) is 0 Å². The first-order valence-corrected chi connectivity index (χ1v) is 7.65. The van der Waals surface area contributed by atoms with Gasteiger partial charge in [0.05, 0.1) is 23.6 Å². The summed E-state index contributed by atoms with van der Waals surface area (Å²) in [6.45, 7) is 1.74. The van der Waals surface area contributed by atoms with Crippen LogP contribution >= 0.6 is 0 Å². The van der Waals surface area contributed by atoms with Crippen molar-refractivity contribution in [1.82, 2.24) is 4.90 Å². The number of amides is 1. The lowest BCUT2D eigenvalue weighted by Crippen LogP contribution is -2.30. The summed E-state index contributed by atoms with van der Waals surface area (Å²) >= 11 is 0. The molecule has 0 saturated heterocycles. The Kier molecular flexibility index (Phi) is 5.66. The largest absolute Gasteiger partial charge is 0.465 e. The highest BCUT2D eigenvalue weighted by Gasteiger charge is 2.23. The number of benzene rings is 2. The van der Waals surface area contributed by atoms with Crippen molar-refractivity contribution >= 4 is 17.6 Å². The van der Waals surface area contributed by atoms with Crippen molar-refractivity contribution in [2.75, 3.05) is 14.2 Å². The molecule has 0 saturated carbocycles. The molecule has 1 atom stereocenters. The molecule has 0 aliphatic heterocycles. The summed E-state index contributed by atoms with van der Waals surface area (Å²) in [5.41, 5.74) is 0.198. The van der Waals surface area contributed by atoms with Gasteiger partial charge in [0.15, 0.2) is 0 Å². The van der Waals surface area contributed by atoms with Crippen molar-refractivity contribution < 1.29 is 23.6 Å². The zero-order valence-electron chi connectivity index (χ0n) is 14.4. The first-order chi connectivity index (χ1) is 12.2. The molecule has 0 fully saturated rings. The number of ether oxygens (including phenoxy) is 1. The third kappa shape index (κ3) is 4.02. The van der Waals surface area contributed by atoms with E-state index in [4.69, 9.17) is 0 Å². The highest BCUT2D eigenvalue weighted by molar-refractivity contribution is 5.99. The van der Waals surface area contributed by atoms with Crippen LogP contribution in [-0.4, -0.2) is 35.9 Å². The minimum absolute atomic E-state index is 0.0175. The lowest BCUT2D eigenvalue weighted by Gasteiger charge is -2.25. The van der Waals surface area contributed by atoms with E-state index in [-0.39, 0.29) is 16.8 Å². The number of rotatable bonds is 5. The van der Waals surface area contributed by atoms with E-state index >= 15 is 0 Å². The Morgan fingerprint density at radius 2 is 1.73 bits per heavy atom. The van der Waals surface area contributed by atoms with Crippen molar-refractivity contribution in [1.29, 1.82) is 0 Å². The fourth-order valence-electron chi connectivity index (χ4n) is 2.42. The van der Waals surface area contributed by atoms with Crippen LogP contribution in [0.15, 0.2) is 42.5 Å². The second kappa shape index (κ2) is 7.73. The van der Waals surface area contributed by atoms with Crippen LogP contribution < -0.4 is 0 Å². The maximum absolute atomic E-state index is 13.1. The molecule has 2 aromatic carbocycles. The van der Waals surface area contributed by atoms with Gasteiger partial charge in [-0.1, -0.05) is 12.1 Å². The molecule has 0 spiro atoms. The second-order valence-corrected chi connectivity index (χ2v) is 5.66. The first-order valence-electron chi connectivity index (χ1n) is 7.65. The lowest BCUT2D eigenvalue weighted by molar-refractivity contribution is -0.384. The maximum atomic E-state index is 13.1. The minimum Gasteiger partial charge on any atom is -0.465 e. The highest BCUT2D eigenvalue weighted by atomic mass is 19.1. The number of esters is 1. The van der Waals surface area contributed by atoms with Gasteiger partial charge in [-0.2, -0.15) is 0 Å². The van der Waals surface area contributed by atoms with E-state index in [0.717, 1.165) is 19.2 Å². The first kappa shape index (κ1) is 19.0. The van der Waals surface area contributed by atoms with E-state index in [9.17, 15) is 24.1 Å². The third-order valence-corrected chi connectivity index (χ3v) is 4.05. The number of halogens is 1. The molecular formula is C18H17FN2O5. The quantitative estimate of drug-likeness (QED) is 0.463. The molecule has 136 valence electrons. The molecule has 0 radical (unpaired) electrons. The molecule has 26 heavy (non-hydrogen) atoms. The number of nitro benzene ring substituents is 1. The summed E-state index contributed by atoms with van der Waals surface area (Å²) < 4.78 is 17.6. The Hall–Kier alpha value is -3.29. The third-order valence-electron chi connectivity index (χ3n) is 4.05. The van der Waals surface area contributed by atoms with Gasteiger partial charge < -0.3 is 9.64 Å². The maximum Gasteiger partial charge on any atom is 0.338 e. The molecule has 0 aromatic heterocycles. The molecule has 1 amide bonds. The van der Waals surface area contributed by atoms with Crippen molar-refractivity contribution in [3.05, 3.63) is 75.1 Å². The summed E-state index contributed by atoms with van der Waals surface area (Å²) in [5, 5.41) is 11.1. The molecule has 2 aromatic rings. The van der Waals surface area contributed by atoms with E-state index in [2.05, 4.69) is 4.74 Å². The Balaban J connectivity index is 2.37. The number of carbonyl (C=O) groups is 2. The van der Waals surface area contributed by atoms with Crippen molar-refractivity contribution in [2.45, 2.75) is 13.0 Å². The normalized spacial score (nSPS) is 11.5. The van der Waals surface area contributed by atoms with Crippen LogP contribution in [0, 0.1) is 15.9 Å².